The predicted molar refractivity (Wildman–Crippen MR) is 109 cm³/mol. The second-order valence-corrected chi connectivity index (χ2v) is 6.08. The number of guanidine groups is 1. The van der Waals surface area contributed by atoms with Gasteiger partial charge in [-0.15, -0.1) is 24.0 Å². The van der Waals surface area contributed by atoms with Gasteiger partial charge in [0.05, 0.1) is 0 Å². The van der Waals surface area contributed by atoms with Gasteiger partial charge in [-0.25, -0.2) is 0 Å². The molecule has 0 aromatic heterocycles. The molecule has 1 aliphatic heterocycles. The molecule has 0 spiro atoms. The van der Waals surface area contributed by atoms with E-state index in [1.54, 1.807) is 0 Å². The highest BCUT2D eigenvalue weighted by molar-refractivity contribution is 14.0. The van der Waals surface area contributed by atoms with Gasteiger partial charge < -0.3 is 15.5 Å². The van der Waals surface area contributed by atoms with Gasteiger partial charge in [-0.3, -0.25) is 9.79 Å². The van der Waals surface area contributed by atoms with E-state index in [0.29, 0.717) is 19.0 Å². The van der Waals surface area contributed by atoms with Crippen LogP contribution in [0.4, 0.5) is 0 Å². The van der Waals surface area contributed by atoms with Crippen molar-refractivity contribution in [2.45, 2.75) is 71.8 Å². The van der Waals surface area contributed by atoms with Crippen LogP contribution in [0.15, 0.2) is 4.99 Å². The summed E-state index contributed by atoms with van der Waals surface area (Å²) in [5.41, 5.74) is 0. The highest BCUT2D eigenvalue weighted by atomic mass is 127. The van der Waals surface area contributed by atoms with Gasteiger partial charge in [-0.05, 0) is 39.5 Å². The van der Waals surface area contributed by atoms with Crippen molar-refractivity contribution in [3.05, 3.63) is 0 Å². The Morgan fingerprint density at radius 1 is 1.22 bits per heavy atom. The van der Waals surface area contributed by atoms with Gasteiger partial charge in [-0.2, -0.15) is 0 Å². The summed E-state index contributed by atoms with van der Waals surface area (Å²) in [7, 11) is 0. The molecule has 0 saturated carbocycles. The van der Waals surface area contributed by atoms with Crippen molar-refractivity contribution in [1.29, 1.82) is 0 Å². The number of carbonyl (C=O) groups excluding carboxylic acids is 1. The van der Waals surface area contributed by atoms with Crippen molar-refractivity contribution in [2.24, 2.45) is 4.99 Å². The van der Waals surface area contributed by atoms with Crippen molar-refractivity contribution >= 4 is 35.8 Å². The fourth-order valence-corrected chi connectivity index (χ4v) is 2.79. The molecule has 0 aromatic rings. The van der Waals surface area contributed by atoms with E-state index in [1.807, 2.05) is 4.90 Å². The van der Waals surface area contributed by atoms with Crippen LogP contribution in [0.2, 0.25) is 0 Å². The molecule has 1 unspecified atom stereocenters. The summed E-state index contributed by atoms with van der Waals surface area (Å²) < 4.78 is 0. The Morgan fingerprint density at radius 2 is 2.00 bits per heavy atom. The first-order valence-electron chi connectivity index (χ1n) is 9.00. The summed E-state index contributed by atoms with van der Waals surface area (Å²) in [5.74, 6) is 1.10. The zero-order valence-electron chi connectivity index (χ0n) is 15.1. The maximum Gasteiger partial charge on any atom is 0.224 e. The normalized spacial score (nSPS) is 18.3. The highest BCUT2D eigenvalue weighted by Crippen LogP contribution is 2.16. The van der Waals surface area contributed by atoms with Gasteiger partial charge in [0.25, 0.3) is 0 Å². The summed E-state index contributed by atoms with van der Waals surface area (Å²) in [6.07, 6.45) is 7.63. The molecular formula is C17H35IN4O. The number of unbranched alkanes of at least 4 members (excludes halogenated alkanes) is 2. The van der Waals surface area contributed by atoms with Gasteiger partial charge in [0.15, 0.2) is 5.96 Å². The average Bonchev–Trinajstić information content (AvgIpc) is 2.51. The van der Waals surface area contributed by atoms with Crippen LogP contribution >= 0.6 is 24.0 Å². The van der Waals surface area contributed by atoms with Crippen LogP contribution < -0.4 is 10.6 Å². The molecule has 5 nitrogen and oxygen atoms in total. The third kappa shape index (κ3) is 9.37. The number of nitrogens with zero attached hydrogens (tertiary/aromatic N) is 2. The molecule has 1 heterocycles. The minimum Gasteiger partial charge on any atom is -0.357 e. The fraction of sp³-hybridized carbons (Fsp3) is 0.882. The number of rotatable bonds is 8. The summed E-state index contributed by atoms with van der Waals surface area (Å²) in [5, 5.41) is 6.51. The summed E-state index contributed by atoms with van der Waals surface area (Å²) in [6, 6.07) is 0.400. The highest BCUT2D eigenvalue weighted by Gasteiger charge is 2.22. The number of halogens is 1. The zero-order valence-corrected chi connectivity index (χ0v) is 17.4. The molecule has 1 atom stereocenters. The van der Waals surface area contributed by atoms with Gasteiger partial charge in [-0.1, -0.05) is 19.8 Å². The van der Waals surface area contributed by atoms with Crippen LogP contribution in [0, 0.1) is 0 Å². The molecular weight excluding hydrogens is 403 g/mol. The first-order valence-corrected chi connectivity index (χ1v) is 9.00. The van der Waals surface area contributed by atoms with E-state index < -0.39 is 0 Å². The van der Waals surface area contributed by atoms with Crippen molar-refractivity contribution in [1.82, 2.24) is 15.5 Å². The lowest BCUT2D eigenvalue weighted by atomic mass is 10.0. The monoisotopic (exact) mass is 438 g/mol. The lowest BCUT2D eigenvalue weighted by molar-refractivity contribution is -0.134. The van der Waals surface area contributed by atoms with Crippen LogP contribution in [0.1, 0.15) is 65.7 Å². The largest absolute Gasteiger partial charge is 0.357 e. The molecule has 2 N–H and O–H groups in total. The Bertz CT molecular complexity index is 349. The molecule has 0 bridgehead atoms. The first kappa shape index (κ1) is 22.5. The quantitative estimate of drug-likeness (QED) is 0.265. The van der Waals surface area contributed by atoms with E-state index in [-0.39, 0.29) is 29.9 Å². The van der Waals surface area contributed by atoms with Crippen molar-refractivity contribution in [3.8, 4) is 0 Å². The number of aliphatic imine (C=N–C) groups is 1. The van der Waals surface area contributed by atoms with E-state index in [9.17, 15) is 4.79 Å². The van der Waals surface area contributed by atoms with Crippen molar-refractivity contribution < 1.29 is 4.79 Å². The Kier molecular flexibility index (Phi) is 13.5. The maximum atomic E-state index is 12.3. The maximum absolute atomic E-state index is 12.3. The second-order valence-electron chi connectivity index (χ2n) is 6.08. The third-order valence-electron chi connectivity index (χ3n) is 4.13. The number of amides is 1. The van der Waals surface area contributed by atoms with Crippen molar-refractivity contribution in [3.63, 3.8) is 0 Å². The zero-order chi connectivity index (χ0) is 16.2. The first-order chi connectivity index (χ1) is 10.7. The number of hydrogen-bond donors (Lipinski definition) is 2. The Labute approximate surface area is 159 Å². The van der Waals surface area contributed by atoms with Gasteiger partial charge in [0, 0.05) is 38.6 Å². The number of carbonyl (C=O) groups is 1. The van der Waals surface area contributed by atoms with Crippen LogP contribution in [0.25, 0.3) is 0 Å². The fourth-order valence-electron chi connectivity index (χ4n) is 2.79. The second kappa shape index (κ2) is 13.9. The van der Waals surface area contributed by atoms with E-state index in [0.717, 1.165) is 44.9 Å². The number of nitrogens with one attached hydrogen (secondary N) is 2. The van der Waals surface area contributed by atoms with Gasteiger partial charge in [0.2, 0.25) is 5.91 Å². The molecule has 6 heteroatoms. The smallest absolute Gasteiger partial charge is 0.224 e. The van der Waals surface area contributed by atoms with Crippen LogP contribution in [0.3, 0.4) is 0 Å². The molecule has 23 heavy (non-hydrogen) atoms. The average molecular weight is 438 g/mol. The molecule has 0 aromatic carbocycles. The van der Waals surface area contributed by atoms with Gasteiger partial charge in [0.1, 0.15) is 0 Å². The summed E-state index contributed by atoms with van der Waals surface area (Å²) in [4.78, 5) is 18.9. The molecule has 1 aliphatic rings. The lowest BCUT2D eigenvalue weighted by Crippen LogP contribution is -2.44. The lowest BCUT2D eigenvalue weighted by Gasteiger charge is -2.33. The van der Waals surface area contributed by atoms with Crippen LogP contribution in [-0.2, 0) is 4.79 Å². The Balaban J connectivity index is 0.00000484. The van der Waals surface area contributed by atoms with Crippen LogP contribution in [-0.4, -0.2) is 49.0 Å². The Morgan fingerprint density at radius 3 is 2.65 bits per heavy atom. The molecule has 1 saturated heterocycles. The third-order valence-corrected chi connectivity index (χ3v) is 4.13. The molecule has 0 aliphatic carbocycles. The standard InChI is InChI=1S/C17H34N4O.HI/c1-4-6-8-12-19-17(18-5-2)20-13-11-16(22)21-14-9-7-10-15(21)3;/h15H,4-14H2,1-3H3,(H2,18,19,20);1H. The number of hydrogen-bond acceptors (Lipinski definition) is 2. The van der Waals surface area contributed by atoms with E-state index >= 15 is 0 Å². The summed E-state index contributed by atoms with van der Waals surface area (Å²) >= 11 is 0. The number of likely N-dealkylation sites (tertiary alicyclic amines) is 1. The minimum atomic E-state index is 0. The SMILES string of the molecule is CCCCCN=C(NCC)NCCC(=O)N1CCCCC1C.I. The molecule has 0 radical (unpaired) electrons. The molecule has 1 amide bonds. The van der Waals surface area contributed by atoms with E-state index in [4.69, 9.17) is 0 Å². The summed E-state index contributed by atoms with van der Waals surface area (Å²) in [6.45, 7) is 9.68. The van der Waals surface area contributed by atoms with E-state index in [2.05, 4.69) is 36.4 Å². The number of piperidine rings is 1. The molecule has 1 rings (SSSR count). The molecule has 136 valence electrons. The van der Waals surface area contributed by atoms with Crippen LogP contribution in [0.5, 0.6) is 0 Å². The van der Waals surface area contributed by atoms with E-state index in [1.165, 1.54) is 19.3 Å². The minimum absolute atomic E-state index is 0. The van der Waals surface area contributed by atoms with Gasteiger partial charge >= 0.3 is 0 Å². The topological polar surface area (TPSA) is 56.7 Å². The van der Waals surface area contributed by atoms with Crippen molar-refractivity contribution in [2.75, 3.05) is 26.2 Å². The Hall–Kier alpha value is -0.530. The predicted octanol–water partition coefficient (Wildman–Crippen LogP) is 3.14. The molecule has 1 fully saturated rings.